The fraction of sp³-hybridized carbons (Fsp3) is 0.0769. The van der Waals surface area contributed by atoms with Gasteiger partial charge in [0.2, 0.25) is 0 Å². The molecule has 0 bridgehead atoms. The molecule has 1 heterocycles. The number of hydrogen-bond acceptors (Lipinski definition) is 3. The van der Waals surface area contributed by atoms with Crippen LogP contribution in [0.4, 0.5) is 5.69 Å². The average molecular weight is 313 g/mol. The van der Waals surface area contributed by atoms with Crippen LogP contribution in [0.1, 0.15) is 15.9 Å². The molecule has 1 aromatic heterocycles. The third kappa shape index (κ3) is 3.86. The van der Waals surface area contributed by atoms with Gasteiger partial charge in [-0.25, -0.2) is 0 Å². The molecule has 0 fully saturated rings. The van der Waals surface area contributed by atoms with E-state index in [0.29, 0.717) is 27.0 Å². The maximum absolute atomic E-state index is 12.0. The lowest BCUT2D eigenvalue weighted by molar-refractivity contribution is 0.102. The highest BCUT2D eigenvalue weighted by Gasteiger charge is 2.08. The SMILES string of the molecule is O=C(Nc1cncc(CS)c1)c1cc(Cl)cc(Cl)c1. The number of halogens is 2. The molecule has 0 spiro atoms. The van der Waals surface area contributed by atoms with E-state index in [1.54, 1.807) is 30.6 Å². The molecule has 1 N–H and O–H groups in total. The zero-order valence-electron chi connectivity index (χ0n) is 9.73. The second kappa shape index (κ2) is 6.28. The summed E-state index contributed by atoms with van der Waals surface area (Å²) in [5.41, 5.74) is 1.92. The fourth-order valence-electron chi connectivity index (χ4n) is 1.53. The lowest BCUT2D eigenvalue weighted by atomic mass is 10.2. The smallest absolute Gasteiger partial charge is 0.255 e. The first-order chi connectivity index (χ1) is 9.08. The number of benzene rings is 1. The molecule has 0 saturated heterocycles. The lowest BCUT2D eigenvalue weighted by Gasteiger charge is -2.07. The first-order valence-electron chi connectivity index (χ1n) is 5.41. The minimum atomic E-state index is -0.289. The Balaban J connectivity index is 2.20. The van der Waals surface area contributed by atoms with E-state index in [1.165, 1.54) is 0 Å². The summed E-state index contributed by atoms with van der Waals surface area (Å²) in [5, 5.41) is 3.57. The van der Waals surface area contributed by atoms with E-state index in [4.69, 9.17) is 23.2 Å². The number of aromatic nitrogens is 1. The van der Waals surface area contributed by atoms with Gasteiger partial charge in [-0.2, -0.15) is 12.6 Å². The Morgan fingerprint density at radius 3 is 2.47 bits per heavy atom. The van der Waals surface area contributed by atoms with Crippen LogP contribution in [-0.4, -0.2) is 10.9 Å². The molecule has 98 valence electrons. The molecular formula is C13H10Cl2N2OS. The predicted molar refractivity (Wildman–Crippen MR) is 81.3 cm³/mol. The van der Waals surface area contributed by atoms with E-state index in [1.807, 2.05) is 6.07 Å². The van der Waals surface area contributed by atoms with Crippen molar-refractivity contribution in [1.29, 1.82) is 0 Å². The molecule has 6 heteroatoms. The van der Waals surface area contributed by atoms with Crippen molar-refractivity contribution < 1.29 is 4.79 Å². The third-order valence-corrected chi connectivity index (χ3v) is 3.16. The van der Waals surface area contributed by atoms with Gasteiger partial charge in [-0.05, 0) is 29.8 Å². The van der Waals surface area contributed by atoms with Crippen molar-refractivity contribution in [1.82, 2.24) is 4.98 Å². The monoisotopic (exact) mass is 312 g/mol. The highest BCUT2D eigenvalue weighted by atomic mass is 35.5. The molecule has 0 saturated carbocycles. The molecule has 19 heavy (non-hydrogen) atoms. The van der Waals surface area contributed by atoms with Crippen molar-refractivity contribution in [2.45, 2.75) is 5.75 Å². The van der Waals surface area contributed by atoms with Crippen LogP contribution < -0.4 is 5.32 Å². The van der Waals surface area contributed by atoms with Crippen LogP contribution in [0.5, 0.6) is 0 Å². The van der Waals surface area contributed by atoms with Crippen molar-refractivity contribution >= 4 is 47.4 Å². The highest BCUT2D eigenvalue weighted by Crippen LogP contribution is 2.20. The normalized spacial score (nSPS) is 10.3. The molecular weight excluding hydrogens is 303 g/mol. The van der Waals surface area contributed by atoms with E-state index in [0.717, 1.165) is 5.56 Å². The summed E-state index contributed by atoms with van der Waals surface area (Å²) < 4.78 is 0. The quantitative estimate of drug-likeness (QED) is 0.839. The molecule has 0 radical (unpaired) electrons. The molecule has 0 aliphatic carbocycles. The summed E-state index contributed by atoms with van der Waals surface area (Å²) in [6, 6.07) is 6.49. The van der Waals surface area contributed by atoms with Crippen LogP contribution in [0.25, 0.3) is 0 Å². The number of hydrogen-bond donors (Lipinski definition) is 2. The van der Waals surface area contributed by atoms with Gasteiger partial charge in [0.1, 0.15) is 0 Å². The summed E-state index contributed by atoms with van der Waals surface area (Å²) in [4.78, 5) is 16.1. The fourth-order valence-corrected chi connectivity index (χ4v) is 2.23. The van der Waals surface area contributed by atoms with Gasteiger partial charge in [0.25, 0.3) is 5.91 Å². The van der Waals surface area contributed by atoms with Gasteiger partial charge in [0, 0.05) is 27.6 Å². The number of carbonyl (C=O) groups is 1. The van der Waals surface area contributed by atoms with Crippen LogP contribution in [-0.2, 0) is 5.75 Å². The Labute approximate surface area is 126 Å². The number of nitrogens with one attached hydrogen (secondary N) is 1. The molecule has 0 aliphatic heterocycles. The first-order valence-corrected chi connectivity index (χ1v) is 6.79. The first kappa shape index (κ1) is 14.2. The van der Waals surface area contributed by atoms with Crippen LogP contribution in [0, 0.1) is 0 Å². The van der Waals surface area contributed by atoms with Gasteiger partial charge >= 0.3 is 0 Å². The minimum absolute atomic E-state index is 0.289. The number of carbonyl (C=O) groups excluding carboxylic acids is 1. The Morgan fingerprint density at radius 1 is 1.16 bits per heavy atom. The zero-order valence-corrected chi connectivity index (χ0v) is 12.1. The Morgan fingerprint density at radius 2 is 1.84 bits per heavy atom. The number of pyridine rings is 1. The molecule has 2 aromatic rings. The number of amides is 1. The number of nitrogens with zero attached hydrogens (tertiary/aromatic N) is 1. The average Bonchev–Trinajstić information content (AvgIpc) is 2.37. The molecule has 2 rings (SSSR count). The van der Waals surface area contributed by atoms with Crippen molar-refractivity contribution in [3.05, 3.63) is 57.8 Å². The van der Waals surface area contributed by atoms with Gasteiger partial charge in [-0.3, -0.25) is 9.78 Å². The van der Waals surface area contributed by atoms with Gasteiger partial charge < -0.3 is 5.32 Å². The van der Waals surface area contributed by atoms with Crippen LogP contribution in [0.15, 0.2) is 36.7 Å². The van der Waals surface area contributed by atoms with Crippen molar-refractivity contribution in [3.8, 4) is 0 Å². The number of thiol groups is 1. The van der Waals surface area contributed by atoms with Gasteiger partial charge in [0.15, 0.2) is 0 Å². The summed E-state index contributed by atoms with van der Waals surface area (Å²) in [6.45, 7) is 0. The van der Waals surface area contributed by atoms with Crippen molar-refractivity contribution in [2.75, 3.05) is 5.32 Å². The summed E-state index contributed by atoms with van der Waals surface area (Å²) in [6.07, 6.45) is 3.26. The third-order valence-electron chi connectivity index (χ3n) is 2.36. The Hall–Kier alpha value is -1.23. The van der Waals surface area contributed by atoms with Crippen molar-refractivity contribution in [3.63, 3.8) is 0 Å². The van der Waals surface area contributed by atoms with Crippen LogP contribution >= 0.6 is 35.8 Å². The second-order valence-electron chi connectivity index (χ2n) is 3.85. The van der Waals surface area contributed by atoms with Gasteiger partial charge in [-0.1, -0.05) is 23.2 Å². The van der Waals surface area contributed by atoms with E-state index in [9.17, 15) is 4.79 Å². The molecule has 0 unspecified atom stereocenters. The largest absolute Gasteiger partial charge is 0.321 e. The minimum Gasteiger partial charge on any atom is -0.321 e. The summed E-state index contributed by atoms with van der Waals surface area (Å²) in [7, 11) is 0. The van der Waals surface area contributed by atoms with E-state index >= 15 is 0 Å². The number of rotatable bonds is 3. The summed E-state index contributed by atoms with van der Waals surface area (Å²) in [5.74, 6) is 0.266. The molecule has 1 aromatic carbocycles. The zero-order chi connectivity index (χ0) is 13.8. The lowest BCUT2D eigenvalue weighted by Crippen LogP contribution is -2.12. The van der Waals surface area contributed by atoms with E-state index < -0.39 is 0 Å². The van der Waals surface area contributed by atoms with Crippen LogP contribution in [0.3, 0.4) is 0 Å². The second-order valence-corrected chi connectivity index (χ2v) is 5.04. The standard InChI is InChI=1S/C13H10Cl2N2OS/c14-10-2-9(3-11(15)4-10)13(18)17-12-1-8(7-19)5-16-6-12/h1-6,19H,7H2,(H,17,18). The topological polar surface area (TPSA) is 42.0 Å². The van der Waals surface area contributed by atoms with Crippen LogP contribution in [0.2, 0.25) is 10.0 Å². The maximum atomic E-state index is 12.0. The van der Waals surface area contributed by atoms with Gasteiger partial charge in [-0.15, -0.1) is 0 Å². The molecule has 0 atom stereocenters. The number of anilines is 1. The maximum Gasteiger partial charge on any atom is 0.255 e. The molecule has 0 aliphatic rings. The van der Waals surface area contributed by atoms with Gasteiger partial charge in [0.05, 0.1) is 11.9 Å². The molecule has 3 nitrogen and oxygen atoms in total. The highest BCUT2D eigenvalue weighted by molar-refractivity contribution is 7.79. The predicted octanol–water partition coefficient (Wildman–Crippen LogP) is 4.07. The Kier molecular flexibility index (Phi) is 4.69. The molecule has 1 amide bonds. The van der Waals surface area contributed by atoms with Crippen molar-refractivity contribution in [2.24, 2.45) is 0 Å². The van der Waals surface area contributed by atoms with E-state index in [-0.39, 0.29) is 5.91 Å². The summed E-state index contributed by atoms with van der Waals surface area (Å²) >= 11 is 15.9. The Bertz CT molecular complexity index is 599. The van der Waals surface area contributed by atoms with E-state index in [2.05, 4.69) is 22.9 Å².